The Kier molecular flexibility index (Phi) is 4.52. The molecular weight excluding hydrogens is 284 g/mol. The molecule has 0 unspecified atom stereocenters. The Bertz CT molecular complexity index is 358. The van der Waals surface area contributed by atoms with E-state index in [0.29, 0.717) is 18.4 Å². The molecule has 1 aromatic carbocycles. The lowest BCUT2D eigenvalue weighted by atomic mass is 10.3. The van der Waals surface area contributed by atoms with Gasteiger partial charge in [-0.25, -0.2) is 8.70 Å². The Morgan fingerprint density at radius 1 is 1.33 bits per heavy atom. The fourth-order valence-corrected chi connectivity index (χ4v) is 2.05. The van der Waals surface area contributed by atoms with Gasteiger partial charge < -0.3 is 0 Å². The standard InChI is InChI=1S/C8H5Cl3FNOS/c9-8(10,11)15-13(5-14)7-4-2-1-3-6(7)12/h1-5H. The molecule has 0 aromatic heterocycles. The molecule has 82 valence electrons. The molecule has 1 amide bonds. The highest BCUT2D eigenvalue weighted by Crippen LogP contribution is 2.42. The van der Waals surface area contributed by atoms with Crippen molar-refractivity contribution in [1.82, 2.24) is 0 Å². The fourth-order valence-electron chi connectivity index (χ4n) is 0.869. The lowest BCUT2D eigenvalue weighted by molar-refractivity contribution is -0.106. The Hall–Kier alpha value is -0.160. The van der Waals surface area contributed by atoms with E-state index in [1.165, 1.54) is 18.2 Å². The van der Waals surface area contributed by atoms with E-state index in [-0.39, 0.29) is 5.69 Å². The minimum absolute atomic E-state index is 0.0452. The summed E-state index contributed by atoms with van der Waals surface area (Å²) in [5, 5.41) is 0. The van der Waals surface area contributed by atoms with Crippen LogP contribution in [-0.2, 0) is 4.79 Å². The van der Waals surface area contributed by atoms with Crippen molar-refractivity contribution in [2.45, 2.75) is 3.12 Å². The number of halogens is 4. The van der Waals surface area contributed by atoms with Crippen molar-refractivity contribution >= 4 is 58.8 Å². The number of benzene rings is 1. The van der Waals surface area contributed by atoms with Crippen molar-refractivity contribution in [1.29, 1.82) is 0 Å². The average Bonchev–Trinajstić information content (AvgIpc) is 2.14. The third kappa shape index (κ3) is 4.07. The van der Waals surface area contributed by atoms with Crippen molar-refractivity contribution in [2.75, 3.05) is 4.31 Å². The van der Waals surface area contributed by atoms with Crippen molar-refractivity contribution in [3.05, 3.63) is 30.1 Å². The zero-order valence-electron chi connectivity index (χ0n) is 7.16. The SMILES string of the molecule is O=CN(SC(Cl)(Cl)Cl)c1ccccc1F. The smallest absolute Gasteiger partial charge is 0.256 e. The number of hydrogen-bond acceptors (Lipinski definition) is 2. The van der Waals surface area contributed by atoms with Gasteiger partial charge in [0.05, 0.1) is 5.69 Å². The quantitative estimate of drug-likeness (QED) is 0.479. The van der Waals surface area contributed by atoms with Gasteiger partial charge in [0.1, 0.15) is 5.82 Å². The van der Waals surface area contributed by atoms with E-state index in [0.717, 1.165) is 4.31 Å². The molecule has 0 saturated carbocycles. The molecule has 0 atom stereocenters. The number of alkyl halides is 3. The number of carbonyl (C=O) groups excluding carboxylic acids is 1. The third-order valence-electron chi connectivity index (χ3n) is 1.39. The van der Waals surface area contributed by atoms with Gasteiger partial charge in [0, 0.05) is 11.9 Å². The van der Waals surface area contributed by atoms with Crippen LogP contribution in [-0.4, -0.2) is 9.53 Å². The lowest BCUT2D eigenvalue weighted by Gasteiger charge is -2.20. The Morgan fingerprint density at radius 2 is 1.93 bits per heavy atom. The van der Waals surface area contributed by atoms with E-state index in [1.807, 2.05) is 0 Å². The number of nitrogens with zero attached hydrogens (tertiary/aromatic N) is 1. The molecule has 0 heterocycles. The summed E-state index contributed by atoms with van der Waals surface area (Å²) in [4.78, 5) is 10.7. The van der Waals surface area contributed by atoms with Gasteiger partial charge in [-0.3, -0.25) is 4.79 Å². The van der Waals surface area contributed by atoms with E-state index in [4.69, 9.17) is 34.8 Å². The maximum atomic E-state index is 13.3. The molecule has 0 fully saturated rings. The summed E-state index contributed by atoms with van der Waals surface area (Å²) in [5.41, 5.74) is 0.0452. The summed E-state index contributed by atoms with van der Waals surface area (Å²) in [6.07, 6.45) is 0.380. The van der Waals surface area contributed by atoms with Crippen LogP contribution in [0.15, 0.2) is 24.3 Å². The van der Waals surface area contributed by atoms with E-state index >= 15 is 0 Å². The Labute approximate surface area is 105 Å². The summed E-state index contributed by atoms with van der Waals surface area (Å²) in [5.74, 6) is -0.564. The van der Waals surface area contributed by atoms with Crippen molar-refractivity contribution in [3.8, 4) is 0 Å². The van der Waals surface area contributed by atoms with Crippen LogP contribution < -0.4 is 4.31 Å². The maximum Gasteiger partial charge on any atom is 0.256 e. The summed E-state index contributed by atoms with van der Waals surface area (Å²) in [6, 6.07) is 5.70. The van der Waals surface area contributed by atoms with E-state index in [2.05, 4.69) is 0 Å². The highest BCUT2D eigenvalue weighted by molar-refractivity contribution is 8.06. The van der Waals surface area contributed by atoms with Crippen LogP contribution in [0.1, 0.15) is 0 Å². The van der Waals surface area contributed by atoms with Gasteiger partial charge >= 0.3 is 0 Å². The van der Waals surface area contributed by atoms with Gasteiger partial charge in [-0.1, -0.05) is 46.9 Å². The summed E-state index contributed by atoms with van der Waals surface area (Å²) in [7, 11) is 0. The number of hydrogen-bond donors (Lipinski definition) is 0. The zero-order valence-corrected chi connectivity index (χ0v) is 10.2. The monoisotopic (exact) mass is 287 g/mol. The average molecular weight is 289 g/mol. The lowest BCUT2D eigenvalue weighted by Crippen LogP contribution is -2.17. The molecule has 1 aromatic rings. The second kappa shape index (κ2) is 5.25. The molecule has 2 nitrogen and oxygen atoms in total. The highest BCUT2D eigenvalue weighted by atomic mass is 35.6. The molecule has 0 aliphatic heterocycles. The summed E-state index contributed by atoms with van der Waals surface area (Å²) >= 11 is 17.0. The molecular formula is C8H5Cl3FNOS. The molecule has 0 spiro atoms. The first-order chi connectivity index (χ1) is 6.94. The maximum absolute atomic E-state index is 13.3. The van der Waals surface area contributed by atoms with Crippen LogP contribution in [0, 0.1) is 5.82 Å². The molecule has 7 heteroatoms. The molecule has 0 radical (unpaired) electrons. The number of rotatable bonds is 3. The summed E-state index contributed by atoms with van der Waals surface area (Å²) in [6.45, 7) is 0. The van der Waals surface area contributed by atoms with E-state index < -0.39 is 8.94 Å². The highest BCUT2D eigenvalue weighted by Gasteiger charge is 2.26. The van der Waals surface area contributed by atoms with Crippen molar-refractivity contribution in [2.24, 2.45) is 0 Å². The number of carbonyl (C=O) groups is 1. The van der Waals surface area contributed by atoms with Crippen molar-refractivity contribution in [3.63, 3.8) is 0 Å². The second-order valence-corrected chi connectivity index (χ2v) is 6.56. The first kappa shape index (κ1) is 12.9. The fraction of sp³-hybridized carbons (Fsp3) is 0.125. The minimum atomic E-state index is -1.72. The predicted octanol–water partition coefficient (Wildman–Crippen LogP) is 3.76. The van der Waals surface area contributed by atoms with Gasteiger partial charge in [-0.15, -0.1) is 0 Å². The molecule has 0 bridgehead atoms. The Balaban J connectivity index is 2.93. The van der Waals surface area contributed by atoms with Crippen LogP contribution in [0.25, 0.3) is 0 Å². The molecule has 15 heavy (non-hydrogen) atoms. The molecule has 0 saturated heterocycles. The number of para-hydroxylation sites is 1. The second-order valence-electron chi connectivity index (χ2n) is 2.42. The Morgan fingerprint density at radius 3 is 2.40 bits per heavy atom. The van der Waals surface area contributed by atoms with Crippen LogP contribution in [0.3, 0.4) is 0 Å². The van der Waals surface area contributed by atoms with Gasteiger partial charge in [-0.05, 0) is 12.1 Å². The molecule has 0 aliphatic rings. The van der Waals surface area contributed by atoms with Gasteiger partial charge in [0.2, 0.25) is 6.41 Å². The number of amides is 1. The van der Waals surface area contributed by atoms with Crippen LogP contribution >= 0.6 is 46.8 Å². The van der Waals surface area contributed by atoms with Crippen LogP contribution in [0.4, 0.5) is 10.1 Å². The first-order valence-electron chi connectivity index (χ1n) is 3.69. The molecule has 0 aliphatic carbocycles. The van der Waals surface area contributed by atoms with Crippen LogP contribution in [0.2, 0.25) is 0 Å². The summed E-state index contributed by atoms with van der Waals surface area (Å²) < 4.78 is 12.5. The van der Waals surface area contributed by atoms with Crippen LogP contribution in [0.5, 0.6) is 0 Å². The minimum Gasteiger partial charge on any atom is -0.277 e. The first-order valence-corrected chi connectivity index (χ1v) is 5.59. The predicted molar refractivity (Wildman–Crippen MR) is 62.8 cm³/mol. The van der Waals surface area contributed by atoms with Crippen molar-refractivity contribution < 1.29 is 9.18 Å². The van der Waals surface area contributed by atoms with E-state index in [1.54, 1.807) is 6.07 Å². The van der Waals surface area contributed by atoms with Gasteiger partial charge in [0.15, 0.2) is 0 Å². The normalized spacial score (nSPS) is 11.2. The zero-order chi connectivity index (χ0) is 11.5. The van der Waals surface area contributed by atoms with Gasteiger partial charge in [0.25, 0.3) is 3.12 Å². The van der Waals surface area contributed by atoms with E-state index in [9.17, 15) is 9.18 Å². The largest absolute Gasteiger partial charge is 0.277 e. The topological polar surface area (TPSA) is 20.3 Å². The number of anilines is 1. The third-order valence-corrected chi connectivity index (χ3v) is 2.70. The van der Waals surface area contributed by atoms with Gasteiger partial charge in [-0.2, -0.15) is 0 Å². The molecule has 1 rings (SSSR count). The molecule has 0 N–H and O–H groups in total.